The van der Waals surface area contributed by atoms with Gasteiger partial charge >= 0.3 is 0 Å². The van der Waals surface area contributed by atoms with Crippen molar-refractivity contribution in [3.63, 3.8) is 0 Å². The van der Waals surface area contributed by atoms with Crippen LogP contribution in [0.2, 0.25) is 5.02 Å². The normalized spacial score (nSPS) is 14.3. The minimum absolute atomic E-state index is 0.178. The van der Waals surface area contributed by atoms with Crippen LogP contribution in [0, 0.1) is 0 Å². The van der Waals surface area contributed by atoms with Gasteiger partial charge in [0, 0.05) is 42.3 Å². The number of amides is 1. The van der Waals surface area contributed by atoms with Gasteiger partial charge in [0.15, 0.2) is 0 Å². The molecule has 0 atom stereocenters. The van der Waals surface area contributed by atoms with Crippen LogP contribution >= 0.6 is 11.6 Å². The molecule has 2 aromatic carbocycles. The Balaban J connectivity index is 1.71. The van der Waals surface area contributed by atoms with E-state index in [1.54, 1.807) is 12.1 Å². The number of aromatic hydroxyl groups is 1. The molecule has 120 valence electrons. The van der Waals surface area contributed by atoms with Gasteiger partial charge in [-0.05, 0) is 30.2 Å². The van der Waals surface area contributed by atoms with Gasteiger partial charge in [-0.25, -0.2) is 0 Å². The van der Waals surface area contributed by atoms with E-state index >= 15 is 0 Å². The van der Waals surface area contributed by atoms with Gasteiger partial charge in [0.25, 0.3) is 0 Å². The predicted octanol–water partition coefficient (Wildman–Crippen LogP) is 3.78. The maximum absolute atomic E-state index is 11.8. The zero-order chi connectivity index (χ0) is 16.2. The molecule has 1 heterocycles. The number of hydrogen-bond donors (Lipinski definition) is 2. The summed E-state index contributed by atoms with van der Waals surface area (Å²) < 4.78 is 0. The van der Waals surface area contributed by atoms with E-state index in [1.807, 2.05) is 29.2 Å². The Morgan fingerprint density at radius 2 is 2.00 bits per heavy atom. The van der Waals surface area contributed by atoms with Gasteiger partial charge in [-0.3, -0.25) is 4.79 Å². The van der Waals surface area contributed by atoms with Crippen molar-refractivity contribution in [2.45, 2.75) is 25.9 Å². The first-order valence-corrected chi connectivity index (χ1v) is 8.08. The highest BCUT2D eigenvalue weighted by molar-refractivity contribution is 6.30. The fourth-order valence-electron chi connectivity index (χ4n) is 2.78. The number of benzene rings is 2. The molecule has 0 bridgehead atoms. The zero-order valence-corrected chi connectivity index (χ0v) is 13.5. The number of rotatable bonds is 5. The van der Waals surface area contributed by atoms with Gasteiger partial charge in [0.2, 0.25) is 5.91 Å². The summed E-state index contributed by atoms with van der Waals surface area (Å²) in [5, 5.41) is 13.8. The van der Waals surface area contributed by atoms with Crippen molar-refractivity contribution in [3.8, 4) is 5.75 Å². The summed E-state index contributed by atoms with van der Waals surface area (Å²) in [6, 6.07) is 13.0. The van der Waals surface area contributed by atoms with Crippen LogP contribution in [0.15, 0.2) is 42.5 Å². The molecule has 1 aliphatic heterocycles. The Morgan fingerprint density at radius 1 is 1.17 bits per heavy atom. The van der Waals surface area contributed by atoms with E-state index < -0.39 is 0 Å². The minimum Gasteiger partial charge on any atom is -0.508 e. The van der Waals surface area contributed by atoms with Gasteiger partial charge in [0.05, 0.1) is 0 Å². The molecule has 1 amide bonds. The van der Waals surface area contributed by atoms with Crippen molar-refractivity contribution < 1.29 is 9.90 Å². The Hall–Kier alpha value is -2.20. The molecule has 1 saturated heterocycles. The van der Waals surface area contributed by atoms with Crippen molar-refractivity contribution in [1.82, 2.24) is 4.90 Å². The van der Waals surface area contributed by atoms with Crippen LogP contribution in [0.4, 0.5) is 5.69 Å². The third-order valence-corrected chi connectivity index (χ3v) is 4.30. The molecule has 0 aromatic heterocycles. The molecule has 0 spiro atoms. The number of phenolic OH excluding ortho intramolecular Hbond substituents is 1. The quantitative estimate of drug-likeness (QED) is 0.877. The number of phenols is 1. The van der Waals surface area contributed by atoms with Crippen LogP contribution in [-0.2, 0) is 17.9 Å². The lowest BCUT2D eigenvalue weighted by atomic mass is 10.1. The van der Waals surface area contributed by atoms with E-state index in [-0.39, 0.29) is 11.7 Å². The molecule has 23 heavy (non-hydrogen) atoms. The maximum atomic E-state index is 11.8. The molecule has 5 heteroatoms. The van der Waals surface area contributed by atoms with E-state index in [2.05, 4.69) is 5.32 Å². The fraction of sp³-hybridized carbons (Fsp3) is 0.278. The first kappa shape index (κ1) is 15.7. The van der Waals surface area contributed by atoms with Crippen molar-refractivity contribution in [3.05, 3.63) is 58.6 Å². The van der Waals surface area contributed by atoms with Crippen LogP contribution in [0.5, 0.6) is 5.75 Å². The monoisotopic (exact) mass is 330 g/mol. The van der Waals surface area contributed by atoms with Crippen molar-refractivity contribution in [1.29, 1.82) is 0 Å². The number of anilines is 1. The summed E-state index contributed by atoms with van der Waals surface area (Å²) in [6.45, 7) is 1.94. The third kappa shape index (κ3) is 3.77. The van der Waals surface area contributed by atoms with Gasteiger partial charge in [-0.2, -0.15) is 0 Å². The van der Waals surface area contributed by atoms with Crippen molar-refractivity contribution in [2.75, 3.05) is 11.9 Å². The lowest BCUT2D eigenvalue weighted by Crippen LogP contribution is -2.24. The van der Waals surface area contributed by atoms with Gasteiger partial charge in [0.1, 0.15) is 5.75 Å². The molecule has 2 N–H and O–H groups in total. The average Bonchev–Trinajstić information content (AvgIpc) is 2.93. The largest absolute Gasteiger partial charge is 0.508 e. The van der Waals surface area contributed by atoms with E-state index in [0.717, 1.165) is 29.8 Å². The first-order valence-electron chi connectivity index (χ1n) is 7.70. The van der Waals surface area contributed by atoms with Crippen LogP contribution in [0.25, 0.3) is 0 Å². The lowest BCUT2D eigenvalue weighted by Gasteiger charge is -2.19. The highest BCUT2D eigenvalue weighted by Crippen LogP contribution is 2.25. The number of likely N-dealkylation sites (tertiary alicyclic amines) is 1. The zero-order valence-electron chi connectivity index (χ0n) is 12.8. The Labute approximate surface area is 140 Å². The maximum Gasteiger partial charge on any atom is 0.222 e. The second kappa shape index (κ2) is 6.92. The predicted molar refractivity (Wildman–Crippen MR) is 91.5 cm³/mol. The first-order chi connectivity index (χ1) is 11.1. The van der Waals surface area contributed by atoms with Gasteiger partial charge in [-0.1, -0.05) is 35.9 Å². The number of nitrogens with zero attached hydrogens (tertiary/aromatic N) is 1. The molecule has 1 fully saturated rings. The number of nitrogens with one attached hydrogen (secondary N) is 1. The minimum atomic E-state index is 0.178. The Morgan fingerprint density at radius 3 is 2.74 bits per heavy atom. The van der Waals surface area contributed by atoms with Crippen LogP contribution in [-0.4, -0.2) is 22.5 Å². The number of carbonyl (C=O) groups excluding carboxylic acids is 1. The van der Waals surface area contributed by atoms with Crippen LogP contribution in [0.1, 0.15) is 24.0 Å². The average molecular weight is 331 g/mol. The summed E-state index contributed by atoms with van der Waals surface area (Å²) in [4.78, 5) is 13.7. The molecule has 3 rings (SSSR count). The summed E-state index contributed by atoms with van der Waals surface area (Å²) in [7, 11) is 0. The molecular weight excluding hydrogens is 312 g/mol. The molecule has 0 saturated carbocycles. The van der Waals surface area contributed by atoms with E-state index in [0.29, 0.717) is 24.5 Å². The summed E-state index contributed by atoms with van der Waals surface area (Å²) in [6.07, 6.45) is 1.58. The Bertz CT molecular complexity index is 718. The molecular formula is C18H19ClN2O2. The van der Waals surface area contributed by atoms with E-state index in [4.69, 9.17) is 11.6 Å². The Kier molecular flexibility index (Phi) is 4.72. The standard InChI is InChI=1S/C18H19ClN2O2/c19-15-8-7-13(17(22)10-15)11-20-16-5-2-1-4-14(16)12-21-9-3-6-18(21)23/h1-2,4-5,7-8,10,20,22H,3,6,9,11-12H2. The second-order valence-electron chi connectivity index (χ2n) is 5.70. The lowest BCUT2D eigenvalue weighted by molar-refractivity contribution is -0.128. The summed E-state index contributed by atoms with van der Waals surface area (Å²) in [5.74, 6) is 0.396. The smallest absolute Gasteiger partial charge is 0.222 e. The summed E-state index contributed by atoms with van der Waals surface area (Å²) in [5.41, 5.74) is 2.83. The summed E-state index contributed by atoms with van der Waals surface area (Å²) >= 11 is 5.85. The third-order valence-electron chi connectivity index (χ3n) is 4.07. The number of hydrogen-bond acceptors (Lipinski definition) is 3. The molecule has 0 radical (unpaired) electrons. The van der Waals surface area contributed by atoms with E-state index in [1.165, 1.54) is 6.07 Å². The van der Waals surface area contributed by atoms with Crippen LogP contribution in [0.3, 0.4) is 0 Å². The highest BCUT2D eigenvalue weighted by Gasteiger charge is 2.20. The molecule has 2 aromatic rings. The van der Waals surface area contributed by atoms with Crippen molar-refractivity contribution in [2.24, 2.45) is 0 Å². The second-order valence-corrected chi connectivity index (χ2v) is 6.14. The van der Waals surface area contributed by atoms with Gasteiger partial charge in [-0.15, -0.1) is 0 Å². The SMILES string of the molecule is O=C1CCCN1Cc1ccccc1NCc1ccc(Cl)cc1O. The highest BCUT2D eigenvalue weighted by atomic mass is 35.5. The molecule has 1 aliphatic rings. The molecule has 4 nitrogen and oxygen atoms in total. The van der Waals surface area contributed by atoms with Gasteiger partial charge < -0.3 is 15.3 Å². The number of carbonyl (C=O) groups is 1. The number of para-hydroxylation sites is 1. The topological polar surface area (TPSA) is 52.6 Å². The van der Waals surface area contributed by atoms with Crippen molar-refractivity contribution >= 4 is 23.2 Å². The number of halogens is 1. The van der Waals surface area contributed by atoms with E-state index in [9.17, 15) is 9.90 Å². The fourth-order valence-corrected chi connectivity index (χ4v) is 2.95. The van der Waals surface area contributed by atoms with Crippen LogP contribution < -0.4 is 5.32 Å². The molecule has 0 aliphatic carbocycles. The molecule has 0 unspecified atom stereocenters.